The number of nitro benzene ring substituents is 1. The number of benzene rings is 1. The molecule has 7 nitrogen and oxygen atoms in total. The molecular formula is C13H10N2O5. The van der Waals surface area contributed by atoms with Gasteiger partial charge in [0.05, 0.1) is 10.6 Å². The normalized spacial score (nSPS) is 10.0. The highest BCUT2D eigenvalue weighted by molar-refractivity contribution is 5.91. The number of rotatable bonds is 5. The molecule has 0 radical (unpaired) electrons. The van der Waals surface area contributed by atoms with Crippen LogP contribution in [0.2, 0.25) is 0 Å². The van der Waals surface area contributed by atoms with Gasteiger partial charge in [-0.15, -0.1) is 0 Å². The Morgan fingerprint density at radius 1 is 1.35 bits per heavy atom. The summed E-state index contributed by atoms with van der Waals surface area (Å²) in [5.74, 6) is -1.22. The second-order valence-corrected chi connectivity index (χ2v) is 3.85. The van der Waals surface area contributed by atoms with Gasteiger partial charge in [0, 0.05) is 18.3 Å². The van der Waals surface area contributed by atoms with Crippen molar-refractivity contribution in [3.63, 3.8) is 0 Å². The van der Waals surface area contributed by atoms with E-state index < -0.39 is 10.9 Å². The molecule has 102 valence electrons. The van der Waals surface area contributed by atoms with Crippen molar-refractivity contribution in [1.82, 2.24) is 4.98 Å². The maximum absolute atomic E-state index is 11.1. The van der Waals surface area contributed by atoms with Crippen LogP contribution in [0.15, 0.2) is 42.6 Å². The van der Waals surface area contributed by atoms with Gasteiger partial charge in [0.25, 0.3) is 5.69 Å². The number of pyridine rings is 1. The molecule has 20 heavy (non-hydrogen) atoms. The number of nitrogens with zero attached hydrogens (tertiary/aromatic N) is 2. The molecule has 0 saturated carbocycles. The number of aromatic carboxylic acids is 1. The maximum atomic E-state index is 11.1. The molecule has 2 aromatic rings. The molecular weight excluding hydrogens is 264 g/mol. The van der Waals surface area contributed by atoms with Crippen LogP contribution in [-0.2, 0) is 6.61 Å². The molecule has 0 aliphatic heterocycles. The van der Waals surface area contributed by atoms with Crippen molar-refractivity contribution in [1.29, 1.82) is 0 Å². The van der Waals surface area contributed by atoms with Crippen LogP contribution in [0, 0.1) is 10.1 Å². The molecule has 1 aromatic carbocycles. The molecule has 0 fully saturated rings. The number of carbonyl (C=O) groups is 1. The summed E-state index contributed by atoms with van der Waals surface area (Å²) < 4.78 is 5.35. The van der Waals surface area contributed by atoms with Crippen molar-refractivity contribution in [3.05, 3.63) is 64.0 Å². The molecule has 1 N–H and O–H groups in total. The summed E-state index contributed by atoms with van der Waals surface area (Å²) in [6.45, 7) is 0.0823. The average Bonchev–Trinajstić information content (AvgIpc) is 2.45. The largest absolute Gasteiger partial charge is 0.486 e. The lowest BCUT2D eigenvalue weighted by Crippen LogP contribution is -2.05. The van der Waals surface area contributed by atoms with Crippen LogP contribution in [0.3, 0.4) is 0 Å². The van der Waals surface area contributed by atoms with E-state index >= 15 is 0 Å². The third-order valence-electron chi connectivity index (χ3n) is 2.51. The van der Waals surface area contributed by atoms with E-state index in [4.69, 9.17) is 9.84 Å². The van der Waals surface area contributed by atoms with E-state index in [-0.39, 0.29) is 23.6 Å². The molecule has 0 bridgehead atoms. The first-order valence-corrected chi connectivity index (χ1v) is 5.62. The summed E-state index contributed by atoms with van der Waals surface area (Å²) in [7, 11) is 0. The molecule has 7 heteroatoms. The fourth-order valence-electron chi connectivity index (χ4n) is 1.56. The Balaban J connectivity index is 2.23. The SMILES string of the molecule is O=C(O)c1cc([N+](=O)[O-])ccc1OCc1ccccn1. The zero-order chi connectivity index (χ0) is 14.5. The van der Waals surface area contributed by atoms with Gasteiger partial charge in [0.15, 0.2) is 0 Å². The number of aromatic nitrogens is 1. The Morgan fingerprint density at radius 2 is 2.15 bits per heavy atom. The number of ether oxygens (including phenoxy) is 1. The number of hydrogen-bond donors (Lipinski definition) is 1. The van der Waals surface area contributed by atoms with E-state index in [0.717, 1.165) is 6.07 Å². The van der Waals surface area contributed by atoms with Crippen molar-refractivity contribution in [3.8, 4) is 5.75 Å². The smallest absolute Gasteiger partial charge is 0.339 e. The second kappa shape index (κ2) is 5.79. The molecule has 2 rings (SSSR count). The predicted octanol–water partition coefficient (Wildman–Crippen LogP) is 2.27. The highest BCUT2D eigenvalue weighted by Crippen LogP contribution is 2.24. The molecule has 1 aromatic heterocycles. The monoisotopic (exact) mass is 274 g/mol. The first-order chi connectivity index (χ1) is 9.58. The summed E-state index contributed by atoms with van der Waals surface area (Å²) >= 11 is 0. The molecule has 0 aliphatic carbocycles. The van der Waals surface area contributed by atoms with Gasteiger partial charge in [-0.25, -0.2) is 4.79 Å². The standard InChI is InChI=1S/C13H10N2O5/c16-13(17)11-7-10(15(18)19)4-5-12(11)20-8-9-3-1-2-6-14-9/h1-7H,8H2,(H,16,17). The summed E-state index contributed by atoms with van der Waals surface area (Å²) in [5.41, 5.74) is 0.0740. The van der Waals surface area contributed by atoms with Crippen LogP contribution in [0.1, 0.15) is 16.1 Å². The summed E-state index contributed by atoms with van der Waals surface area (Å²) in [5, 5.41) is 19.7. The Hall–Kier alpha value is -2.96. The third-order valence-corrected chi connectivity index (χ3v) is 2.51. The van der Waals surface area contributed by atoms with Gasteiger partial charge in [0.1, 0.15) is 17.9 Å². The Kier molecular flexibility index (Phi) is 3.90. The van der Waals surface area contributed by atoms with Crippen molar-refractivity contribution in [2.24, 2.45) is 0 Å². The highest BCUT2D eigenvalue weighted by atomic mass is 16.6. The lowest BCUT2D eigenvalue weighted by molar-refractivity contribution is -0.384. The molecule has 0 saturated heterocycles. The highest BCUT2D eigenvalue weighted by Gasteiger charge is 2.17. The minimum Gasteiger partial charge on any atom is -0.486 e. The van der Waals surface area contributed by atoms with E-state index in [1.807, 2.05) is 0 Å². The minimum absolute atomic E-state index is 0.0637. The van der Waals surface area contributed by atoms with Crippen molar-refractivity contribution in [2.75, 3.05) is 0 Å². The van der Waals surface area contributed by atoms with Crippen LogP contribution in [-0.4, -0.2) is 21.0 Å². The summed E-state index contributed by atoms with van der Waals surface area (Å²) in [4.78, 5) is 25.1. The predicted molar refractivity (Wildman–Crippen MR) is 68.6 cm³/mol. The number of hydrogen-bond acceptors (Lipinski definition) is 5. The molecule has 0 unspecified atom stereocenters. The minimum atomic E-state index is -1.29. The molecule has 0 aliphatic rings. The number of carboxylic acids is 1. The van der Waals surface area contributed by atoms with Crippen LogP contribution in [0.25, 0.3) is 0 Å². The molecule has 0 atom stereocenters. The van der Waals surface area contributed by atoms with Gasteiger partial charge >= 0.3 is 5.97 Å². The molecule has 0 amide bonds. The fourth-order valence-corrected chi connectivity index (χ4v) is 1.56. The Bertz CT molecular complexity index is 642. The van der Waals surface area contributed by atoms with Gasteiger partial charge in [-0.05, 0) is 18.2 Å². The van der Waals surface area contributed by atoms with Gasteiger partial charge in [0.2, 0.25) is 0 Å². The van der Waals surface area contributed by atoms with Gasteiger partial charge in [-0.3, -0.25) is 15.1 Å². The number of nitro groups is 1. The fraction of sp³-hybridized carbons (Fsp3) is 0.0769. The van der Waals surface area contributed by atoms with Crippen LogP contribution < -0.4 is 4.74 Å². The number of carboxylic acid groups (broad SMARTS) is 1. The topological polar surface area (TPSA) is 103 Å². The number of non-ortho nitro benzene ring substituents is 1. The first-order valence-electron chi connectivity index (χ1n) is 5.62. The zero-order valence-electron chi connectivity index (χ0n) is 10.2. The van der Waals surface area contributed by atoms with E-state index in [1.165, 1.54) is 12.1 Å². The lowest BCUT2D eigenvalue weighted by atomic mass is 10.2. The van der Waals surface area contributed by atoms with Crippen LogP contribution >= 0.6 is 0 Å². The lowest BCUT2D eigenvalue weighted by Gasteiger charge is -2.08. The molecule has 0 spiro atoms. The zero-order valence-corrected chi connectivity index (χ0v) is 10.2. The maximum Gasteiger partial charge on any atom is 0.339 e. The summed E-state index contributed by atoms with van der Waals surface area (Å²) in [6.07, 6.45) is 1.59. The Labute approximate surface area is 113 Å². The van der Waals surface area contributed by atoms with E-state index in [1.54, 1.807) is 24.4 Å². The Morgan fingerprint density at radius 3 is 2.75 bits per heavy atom. The third kappa shape index (κ3) is 3.08. The first kappa shape index (κ1) is 13.5. The van der Waals surface area contributed by atoms with Gasteiger partial charge in [-0.1, -0.05) is 6.07 Å². The van der Waals surface area contributed by atoms with E-state index in [9.17, 15) is 14.9 Å². The van der Waals surface area contributed by atoms with E-state index in [0.29, 0.717) is 5.69 Å². The van der Waals surface area contributed by atoms with Crippen LogP contribution in [0.5, 0.6) is 5.75 Å². The van der Waals surface area contributed by atoms with Crippen molar-refractivity contribution >= 4 is 11.7 Å². The quantitative estimate of drug-likeness (QED) is 0.662. The van der Waals surface area contributed by atoms with Crippen molar-refractivity contribution in [2.45, 2.75) is 6.61 Å². The van der Waals surface area contributed by atoms with Gasteiger partial charge in [-0.2, -0.15) is 0 Å². The summed E-state index contributed by atoms with van der Waals surface area (Å²) in [6, 6.07) is 8.68. The van der Waals surface area contributed by atoms with Crippen LogP contribution in [0.4, 0.5) is 5.69 Å². The van der Waals surface area contributed by atoms with Gasteiger partial charge < -0.3 is 9.84 Å². The molecule has 1 heterocycles. The average molecular weight is 274 g/mol. The van der Waals surface area contributed by atoms with E-state index in [2.05, 4.69) is 4.98 Å². The van der Waals surface area contributed by atoms with Crippen molar-refractivity contribution < 1.29 is 19.6 Å². The second-order valence-electron chi connectivity index (χ2n) is 3.85.